The van der Waals surface area contributed by atoms with Gasteiger partial charge in [0.2, 0.25) is 5.91 Å². The van der Waals surface area contributed by atoms with Crippen LogP contribution in [-0.2, 0) is 17.9 Å². The summed E-state index contributed by atoms with van der Waals surface area (Å²) in [7, 11) is 0. The summed E-state index contributed by atoms with van der Waals surface area (Å²) in [6.45, 7) is 8.10. The van der Waals surface area contributed by atoms with E-state index < -0.39 is 0 Å². The van der Waals surface area contributed by atoms with Gasteiger partial charge in [0.1, 0.15) is 6.54 Å². The molecule has 0 aliphatic rings. The second kappa shape index (κ2) is 7.06. The summed E-state index contributed by atoms with van der Waals surface area (Å²) in [6, 6.07) is 0.178. The van der Waals surface area contributed by atoms with E-state index >= 15 is 0 Å². The molecule has 0 spiro atoms. The minimum atomic E-state index is 0.0190. The van der Waals surface area contributed by atoms with Crippen molar-refractivity contribution in [3.63, 3.8) is 0 Å². The topological polar surface area (TPSA) is 59.0 Å². The van der Waals surface area contributed by atoms with Gasteiger partial charge in [0.25, 0.3) is 0 Å². The van der Waals surface area contributed by atoms with Crippen molar-refractivity contribution in [2.24, 2.45) is 0 Å². The van der Waals surface area contributed by atoms with Gasteiger partial charge >= 0.3 is 0 Å². The van der Waals surface area contributed by atoms with Crippen molar-refractivity contribution in [2.45, 2.75) is 46.3 Å². The molecule has 5 nitrogen and oxygen atoms in total. The molecule has 96 valence electrons. The highest BCUT2D eigenvalue weighted by atomic mass is 16.2. The van der Waals surface area contributed by atoms with E-state index in [4.69, 9.17) is 0 Å². The van der Waals surface area contributed by atoms with Crippen LogP contribution in [0, 0.1) is 0 Å². The van der Waals surface area contributed by atoms with E-state index in [9.17, 15) is 4.79 Å². The van der Waals surface area contributed by atoms with Crippen molar-refractivity contribution in [1.82, 2.24) is 20.2 Å². The Kier molecular flexibility index (Phi) is 5.69. The molecular formula is C12H22N4O. The summed E-state index contributed by atoms with van der Waals surface area (Å²) in [5.74, 6) is 0.0190. The van der Waals surface area contributed by atoms with E-state index in [0.29, 0.717) is 6.54 Å². The molecule has 2 N–H and O–H groups in total. The molecule has 0 aliphatic carbocycles. The predicted molar refractivity (Wildman–Crippen MR) is 67.5 cm³/mol. The molecule has 1 aromatic rings. The number of rotatable bonds is 7. The lowest BCUT2D eigenvalue weighted by molar-refractivity contribution is -0.122. The number of carbonyl (C=O) groups is 1. The number of nitrogens with zero attached hydrogens (tertiary/aromatic N) is 2. The molecule has 1 heterocycles. The molecule has 0 fully saturated rings. The first-order valence-corrected chi connectivity index (χ1v) is 6.12. The Morgan fingerprint density at radius 3 is 2.94 bits per heavy atom. The van der Waals surface area contributed by atoms with Crippen molar-refractivity contribution < 1.29 is 4.79 Å². The highest BCUT2D eigenvalue weighted by Crippen LogP contribution is 1.96. The van der Waals surface area contributed by atoms with Crippen LogP contribution in [0.2, 0.25) is 0 Å². The Labute approximate surface area is 103 Å². The van der Waals surface area contributed by atoms with E-state index in [0.717, 1.165) is 25.2 Å². The van der Waals surface area contributed by atoms with Crippen molar-refractivity contribution in [3.05, 3.63) is 18.2 Å². The molecule has 17 heavy (non-hydrogen) atoms. The predicted octanol–water partition coefficient (Wildman–Crippen LogP) is 0.907. The summed E-state index contributed by atoms with van der Waals surface area (Å²) in [5, 5.41) is 6.12. The zero-order valence-corrected chi connectivity index (χ0v) is 10.9. The minimum absolute atomic E-state index is 0.0190. The van der Waals surface area contributed by atoms with Crippen LogP contribution in [0.1, 0.15) is 32.9 Å². The van der Waals surface area contributed by atoms with Gasteiger partial charge in [-0.1, -0.05) is 6.92 Å². The third-order valence-corrected chi connectivity index (χ3v) is 2.20. The van der Waals surface area contributed by atoms with E-state index in [1.54, 1.807) is 10.9 Å². The minimum Gasteiger partial charge on any atom is -0.352 e. The van der Waals surface area contributed by atoms with Crippen LogP contribution >= 0.6 is 0 Å². The number of hydrogen-bond acceptors (Lipinski definition) is 3. The highest BCUT2D eigenvalue weighted by molar-refractivity contribution is 5.75. The lowest BCUT2D eigenvalue weighted by Crippen LogP contribution is -2.32. The molecule has 0 aliphatic heterocycles. The largest absolute Gasteiger partial charge is 0.352 e. The monoisotopic (exact) mass is 238 g/mol. The normalized spacial score (nSPS) is 10.8. The van der Waals surface area contributed by atoms with Gasteiger partial charge < -0.3 is 15.2 Å². The summed E-state index contributed by atoms with van der Waals surface area (Å²) >= 11 is 0. The summed E-state index contributed by atoms with van der Waals surface area (Å²) in [6.07, 6.45) is 4.71. The average molecular weight is 238 g/mol. The molecule has 0 radical (unpaired) electrons. The fourth-order valence-corrected chi connectivity index (χ4v) is 1.51. The SMILES string of the molecule is CCCNCc1cn(CC(=O)NC(C)C)cn1. The standard InChI is InChI=1S/C12H22N4O/c1-4-5-13-6-11-7-16(9-14-11)8-12(17)15-10(2)3/h7,9-10,13H,4-6,8H2,1-3H3,(H,15,17). The number of aromatic nitrogens is 2. The lowest BCUT2D eigenvalue weighted by atomic mass is 10.4. The van der Waals surface area contributed by atoms with E-state index in [-0.39, 0.29) is 11.9 Å². The second-order valence-electron chi connectivity index (χ2n) is 4.44. The Morgan fingerprint density at radius 2 is 2.29 bits per heavy atom. The fraction of sp³-hybridized carbons (Fsp3) is 0.667. The molecule has 1 rings (SSSR count). The quantitative estimate of drug-likeness (QED) is 0.694. The van der Waals surface area contributed by atoms with E-state index in [1.807, 2.05) is 20.0 Å². The molecule has 0 saturated carbocycles. The van der Waals surface area contributed by atoms with Crippen LogP contribution in [0.25, 0.3) is 0 Å². The Morgan fingerprint density at radius 1 is 1.53 bits per heavy atom. The van der Waals surface area contributed by atoms with Crippen molar-refractivity contribution in [1.29, 1.82) is 0 Å². The highest BCUT2D eigenvalue weighted by Gasteiger charge is 2.05. The molecule has 1 aromatic heterocycles. The molecule has 5 heteroatoms. The zero-order chi connectivity index (χ0) is 12.7. The number of imidazole rings is 1. The molecule has 1 amide bonds. The van der Waals surface area contributed by atoms with Crippen molar-refractivity contribution >= 4 is 5.91 Å². The van der Waals surface area contributed by atoms with Gasteiger partial charge in [-0.05, 0) is 26.8 Å². The molecule has 0 bridgehead atoms. The maximum atomic E-state index is 11.5. The Hall–Kier alpha value is -1.36. The number of amides is 1. The van der Waals surface area contributed by atoms with E-state index in [2.05, 4.69) is 22.5 Å². The summed E-state index contributed by atoms with van der Waals surface area (Å²) in [5.41, 5.74) is 0.968. The lowest BCUT2D eigenvalue weighted by Gasteiger charge is -2.08. The van der Waals surface area contributed by atoms with E-state index in [1.165, 1.54) is 0 Å². The zero-order valence-electron chi connectivity index (χ0n) is 10.9. The van der Waals surface area contributed by atoms with Crippen LogP contribution in [-0.4, -0.2) is 28.0 Å². The van der Waals surface area contributed by atoms with Crippen LogP contribution in [0.15, 0.2) is 12.5 Å². The van der Waals surface area contributed by atoms with Gasteiger partial charge in [0, 0.05) is 18.8 Å². The first-order chi connectivity index (χ1) is 8.11. The number of nitrogens with one attached hydrogen (secondary N) is 2. The molecule has 0 unspecified atom stereocenters. The maximum Gasteiger partial charge on any atom is 0.240 e. The number of hydrogen-bond donors (Lipinski definition) is 2. The Bertz CT molecular complexity index is 346. The van der Waals surface area contributed by atoms with Crippen LogP contribution < -0.4 is 10.6 Å². The fourth-order valence-electron chi connectivity index (χ4n) is 1.51. The van der Waals surface area contributed by atoms with Gasteiger partial charge in [-0.25, -0.2) is 4.98 Å². The van der Waals surface area contributed by atoms with Crippen LogP contribution in [0.3, 0.4) is 0 Å². The summed E-state index contributed by atoms with van der Waals surface area (Å²) < 4.78 is 1.81. The molecule has 0 atom stereocenters. The van der Waals surface area contributed by atoms with Gasteiger partial charge in [-0.15, -0.1) is 0 Å². The van der Waals surface area contributed by atoms with Crippen LogP contribution in [0.5, 0.6) is 0 Å². The second-order valence-corrected chi connectivity index (χ2v) is 4.44. The molecule has 0 saturated heterocycles. The third-order valence-electron chi connectivity index (χ3n) is 2.20. The first kappa shape index (κ1) is 13.7. The number of carbonyl (C=O) groups excluding carboxylic acids is 1. The van der Waals surface area contributed by atoms with Gasteiger partial charge in [0.15, 0.2) is 0 Å². The maximum absolute atomic E-state index is 11.5. The smallest absolute Gasteiger partial charge is 0.240 e. The van der Waals surface area contributed by atoms with Crippen molar-refractivity contribution in [2.75, 3.05) is 6.54 Å². The summed E-state index contributed by atoms with van der Waals surface area (Å²) in [4.78, 5) is 15.8. The third kappa shape index (κ3) is 5.49. The van der Waals surface area contributed by atoms with Gasteiger partial charge in [-0.3, -0.25) is 4.79 Å². The van der Waals surface area contributed by atoms with Gasteiger partial charge in [0.05, 0.1) is 12.0 Å². The Balaban J connectivity index is 2.37. The van der Waals surface area contributed by atoms with Crippen LogP contribution in [0.4, 0.5) is 0 Å². The molecule has 0 aromatic carbocycles. The molecular weight excluding hydrogens is 216 g/mol. The first-order valence-electron chi connectivity index (χ1n) is 6.12. The van der Waals surface area contributed by atoms with Crippen molar-refractivity contribution in [3.8, 4) is 0 Å². The van der Waals surface area contributed by atoms with Gasteiger partial charge in [-0.2, -0.15) is 0 Å². The average Bonchev–Trinajstić information content (AvgIpc) is 2.64.